The standard InChI is InChI=1S/C33H62O7/c1-3-5-7-9-11-13-14-15-16-17-19-20-22-24-26-29(32(37)30(35)28-34)33(38)40-39-31(36)27-25-23-21-18-12-10-8-6-4-2/h15-16,29-30,32,34-35,37H,3-14,17-28H2,1-2H3/b16-15-. The van der Waals surface area contributed by atoms with E-state index in [0.717, 1.165) is 51.4 Å². The molecule has 236 valence electrons. The molecule has 0 aromatic heterocycles. The van der Waals surface area contributed by atoms with Crippen LogP contribution in [0.4, 0.5) is 0 Å². The summed E-state index contributed by atoms with van der Waals surface area (Å²) < 4.78 is 0. The van der Waals surface area contributed by atoms with E-state index >= 15 is 0 Å². The summed E-state index contributed by atoms with van der Waals surface area (Å²) in [5, 5.41) is 29.4. The fourth-order valence-corrected chi connectivity index (χ4v) is 4.83. The number of hydrogen-bond acceptors (Lipinski definition) is 7. The largest absolute Gasteiger partial charge is 0.394 e. The Bertz CT molecular complexity index is 608. The summed E-state index contributed by atoms with van der Waals surface area (Å²) in [6, 6.07) is 0. The van der Waals surface area contributed by atoms with E-state index in [0.29, 0.717) is 12.8 Å². The van der Waals surface area contributed by atoms with Crippen LogP contribution in [0.2, 0.25) is 0 Å². The predicted octanol–water partition coefficient (Wildman–Crippen LogP) is 7.89. The van der Waals surface area contributed by atoms with Crippen molar-refractivity contribution in [3.8, 4) is 0 Å². The van der Waals surface area contributed by atoms with Gasteiger partial charge < -0.3 is 15.3 Å². The van der Waals surface area contributed by atoms with Crippen molar-refractivity contribution in [2.75, 3.05) is 6.61 Å². The molecule has 0 rings (SSSR count). The maximum absolute atomic E-state index is 12.5. The number of aliphatic hydroxyl groups excluding tert-OH is 3. The SMILES string of the molecule is CCCCCCCC/C=C\CCCCCCC(C(=O)OOC(=O)CCCCCCCCCCC)C(O)C(O)CO. The first kappa shape index (κ1) is 38.6. The second-order valence-corrected chi connectivity index (χ2v) is 11.3. The van der Waals surface area contributed by atoms with E-state index in [1.807, 2.05) is 0 Å². The molecule has 0 aliphatic carbocycles. The second-order valence-electron chi connectivity index (χ2n) is 11.3. The van der Waals surface area contributed by atoms with Crippen LogP contribution in [0.3, 0.4) is 0 Å². The number of carbonyl (C=O) groups is 2. The zero-order valence-electron chi connectivity index (χ0n) is 25.8. The predicted molar refractivity (Wildman–Crippen MR) is 161 cm³/mol. The van der Waals surface area contributed by atoms with Gasteiger partial charge in [0, 0.05) is 0 Å². The average Bonchev–Trinajstić information content (AvgIpc) is 2.96. The van der Waals surface area contributed by atoms with Crippen molar-refractivity contribution < 1.29 is 34.7 Å². The highest BCUT2D eigenvalue weighted by atomic mass is 17.2. The smallest absolute Gasteiger partial charge is 0.361 e. The highest BCUT2D eigenvalue weighted by Gasteiger charge is 2.34. The Labute approximate surface area is 245 Å². The number of rotatable bonds is 28. The molecule has 40 heavy (non-hydrogen) atoms. The molecule has 7 nitrogen and oxygen atoms in total. The topological polar surface area (TPSA) is 113 Å². The Morgan fingerprint density at radius 1 is 0.625 bits per heavy atom. The van der Waals surface area contributed by atoms with Gasteiger partial charge in [-0.25, -0.2) is 19.4 Å². The van der Waals surface area contributed by atoms with Gasteiger partial charge >= 0.3 is 11.9 Å². The van der Waals surface area contributed by atoms with Crippen LogP contribution in [-0.2, 0) is 19.4 Å². The molecule has 0 fully saturated rings. The molecule has 0 aliphatic rings. The lowest BCUT2D eigenvalue weighted by atomic mass is 9.92. The minimum atomic E-state index is -1.49. The Morgan fingerprint density at radius 3 is 1.57 bits per heavy atom. The van der Waals surface area contributed by atoms with Gasteiger partial charge in [-0.2, -0.15) is 0 Å². The number of hydrogen-bond donors (Lipinski definition) is 3. The summed E-state index contributed by atoms with van der Waals surface area (Å²) in [6.45, 7) is 3.77. The minimum absolute atomic E-state index is 0.170. The second kappa shape index (κ2) is 29.1. The molecule has 0 radical (unpaired) electrons. The maximum Gasteiger partial charge on any atom is 0.361 e. The summed E-state index contributed by atoms with van der Waals surface area (Å²) >= 11 is 0. The lowest BCUT2D eigenvalue weighted by molar-refractivity contribution is -0.265. The lowest BCUT2D eigenvalue weighted by Gasteiger charge is -2.23. The van der Waals surface area contributed by atoms with E-state index in [-0.39, 0.29) is 12.8 Å². The molecule has 0 saturated carbocycles. The summed E-state index contributed by atoms with van der Waals surface area (Å²) in [6.07, 6.45) is 25.8. The highest BCUT2D eigenvalue weighted by Crippen LogP contribution is 2.20. The van der Waals surface area contributed by atoms with Crippen molar-refractivity contribution >= 4 is 11.9 Å². The van der Waals surface area contributed by atoms with Crippen molar-refractivity contribution in [2.45, 2.75) is 174 Å². The van der Waals surface area contributed by atoms with Gasteiger partial charge in [0.1, 0.15) is 6.10 Å². The van der Waals surface area contributed by atoms with Crippen LogP contribution < -0.4 is 0 Å². The van der Waals surface area contributed by atoms with Gasteiger partial charge in [-0.05, 0) is 38.5 Å². The van der Waals surface area contributed by atoms with E-state index in [1.165, 1.54) is 70.6 Å². The molecule has 0 aliphatic heterocycles. The molecular weight excluding hydrogens is 508 g/mol. The molecule has 0 heterocycles. The average molecular weight is 571 g/mol. The van der Waals surface area contributed by atoms with Crippen molar-refractivity contribution in [1.29, 1.82) is 0 Å². The normalized spacial score (nSPS) is 13.8. The molecule has 7 heteroatoms. The van der Waals surface area contributed by atoms with E-state index in [2.05, 4.69) is 26.0 Å². The zero-order valence-corrected chi connectivity index (χ0v) is 25.8. The minimum Gasteiger partial charge on any atom is -0.394 e. The van der Waals surface area contributed by atoms with Gasteiger partial charge in [-0.3, -0.25) is 0 Å². The highest BCUT2D eigenvalue weighted by molar-refractivity contribution is 5.75. The molecule has 3 atom stereocenters. The summed E-state index contributed by atoms with van der Waals surface area (Å²) in [7, 11) is 0. The van der Waals surface area contributed by atoms with Gasteiger partial charge in [0.05, 0.1) is 25.0 Å². The molecule has 0 aromatic carbocycles. The van der Waals surface area contributed by atoms with Crippen molar-refractivity contribution in [2.24, 2.45) is 5.92 Å². The van der Waals surface area contributed by atoms with Gasteiger partial charge in [0.25, 0.3) is 0 Å². The van der Waals surface area contributed by atoms with Crippen molar-refractivity contribution in [3.05, 3.63) is 12.2 Å². The van der Waals surface area contributed by atoms with E-state index < -0.39 is 36.7 Å². The molecule has 0 bridgehead atoms. The van der Waals surface area contributed by atoms with E-state index in [1.54, 1.807) is 0 Å². The van der Waals surface area contributed by atoms with Gasteiger partial charge in [0.2, 0.25) is 0 Å². The summed E-state index contributed by atoms with van der Waals surface area (Å²) in [5.74, 6) is -2.57. The molecule has 3 N–H and O–H groups in total. The molecule has 0 spiro atoms. The fourth-order valence-electron chi connectivity index (χ4n) is 4.83. The number of allylic oxidation sites excluding steroid dienone is 2. The maximum atomic E-state index is 12.5. The van der Waals surface area contributed by atoms with Crippen LogP contribution in [0.1, 0.15) is 162 Å². The molecule has 3 unspecified atom stereocenters. The lowest BCUT2D eigenvalue weighted by Crippen LogP contribution is -2.40. The third-order valence-corrected chi connectivity index (χ3v) is 7.52. The Kier molecular flexibility index (Phi) is 28.0. The number of carbonyl (C=O) groups excluding carboxylic acids is 2. The van der Waals surface area contributed by atoms with Crippen LogP contribution in [0.25, 0.3) is 0 Å². The Hall–Kier alpha value is -1.44. The van der Waals surface area contributed by atoms with Gasteiger partial charge in [0.15, 0.2) is 0 Å². The van der Waals surface area contributed by atoms with Gasteiger partial charge in [-0.15, -0.1) is 0 Å². The third kappa shape index (κ3) is 23.3. The van der Waals surface area contributed by atoms with Crippen molar-refractivity contribution in [3.63, 3.8) is 0 Å². The molecule has 0 saturated heterocycles. The first-order valence-electron chi connectivity index (χ1n) is 16.5. The monoisotopic (exact) mass is 570 g/mol. The fraction of sp³-hybridized carbons (Fsp3) is 0.879. The first-order chi connectivity index (χ1) is 19.5. The quantitative estimate of drug-likeness (QED) is 0.0379. The first-order valence-corrected chi connectivity index (χ1v) is 16.5. The molecule has 0 amide bonds. The van der Waals surface area contributed by atoms with Crippen LogP contribution in [0.15, 0.2) is 12.2 Å². The summed E-state index contributed by atoms with van der Waals surface area (Å²) in [5.41, 5.74) is 0. The Balaban J connectivity index is 4.12. The van der Waals surface area contributed by atoms with Crippen LogP contribution in [0, 0.1) is 5.92 Å². The summed E-state index contributed by atoms with van der Waals surface area (Å²) in [4.78, 5) is 33.9. The van der Waals surface area contributed by atoms with E-state index in [4.69, 9.17) is 9.78 Å². The molecule has 0 aromatic rings. The van der Waals surface area contributed by atoms with E-state index in [9.17, 15) is 24.9 Å². The van der Waals surface area contributed by atoms with Crippen LogP contribution in [-0.4, -0.2) is 46.1 Å². The zero-order chi connectivity index (χ0) is 29.7. The Morgan fingerprint density at radius 2 is 1.07 bits per heavy atom. The molecular formula is C33H62O7. The van der Waals surface area contributed by atoms with Crippen LogP contribution >= 0.6 is 0 Å². The third-order valence-electron chi connectivity index (χ3n) is 7.52. The number of aliphatic hydroxyl groups is 3. The number of unbranched alkanes of at least 4 members (excludes halogenated alkanes) is 18. The van der Waals surface area contributed by atoms with Crippen LogP contribution in [0.5, 0.6) is 0 Å². The van der Waals surface area contributed by atoms with Gasteiger partial charge in [-0.1, -0.05) is 129 Å². The van der Waals surface area contributed by atoms with Crippen molar-refractivity contribution in [1.82, 2.24) is 0 Å².